The van der Waals surface area contributed by atoms with Crippen LogP contribution in [-0.4, -0.2) is 10.9 Å². The number of carbonyl (C=O) groups is 1. The van der Waals surface area contributed by atoms with Crippen molar-refractivity contribution in [2.24, 2.45) is 0 Å². The Morgan fingerprint density at radius 3 is 2.77 bits per heavy atom. The van der Waals surface area contributed by atoms with Crippen molar-refractivity contribution in [3.63, 3.8) is 0 Å². The maximum absolute atomic E-state index is 10.7. The Hall–Kier alpha value is -1.09. The second-order valence-corrected chi connectivity index (χ2v) is 3.26. The summed E-state index contributed by atoms with van der Waals surface area (Å²) >= 11 is 5.67. The van der Waals surface area contributed by atoms with Gasteiger partial charge in [-0.2, -0.15) is 0 Å². The molecular weight excluding hydrogens is 188 g/mol. The molecule has 1 rings (SSSR count). The van der Waals surface area contributed by atoms with Crippen molar-refractivity contribution in [1.82, 2.24) is 10.3 Å². The fraction of sp³-hybridized carbons (Fsp3) is 0.333. The molecule has 0 aliphatic carbocycles. The summed E-state index contributed by atoms with van der Waals surface area (Å²) in [6.45, 7) is 3.35. The van der Waals surface area contributed by atoms with E-state index < -0.39 is 0 Å². The molecule has 0 spiro atoms. The SMILES string of the molecule is CC(=O)N[C@@H](C)c1ccc(Cl)cn1. The van der Waals surface area contributed by atoms with Crippen LogP contribution in [0.3, 0.4) is 0 Å². The molecule has 0 saturated carbocycles. The fourth-order valence-electron chi connectivity index (χ4n) is 1.02. The minimum Gasteiger partial charge on any atom is -0.348 e. The lowest BCUT2D eigenvalue weighted by atomic mass is 10.2. The first kappa shape index (κ1) is 9.99. The van der Waals surface area contributed by atoms with Crippen LogP contribution >= 0.6 is 11.6 Å². The Bertz CT molecular complexity index is 297. The number of amides is 1. The second kappa shape index (κ2) is 4.23. The molecule has 0 aliphatic rings. The minimum atomic E-state index is -0.0743. The van der Waals surface area contributed by atoms with Crippen molar-refractivity contribution >= 4 is 17.5 Å². The average Bonchev–Trinajstić information content (AvgIpc) is 2.04. The van der Waals surface area contributed by atoms with Gasteiger partial charge in [0.2, 0.25) is 5.91 Å². The molecular formula is C9H11ClN2O. The molecule has 1 aromatic heterocycles. The van der Waals surface area contributed by atoms with Gasteiger partial charge in [-0.1, -0.05) is 11.6 Å². The van der Waals surface area contributed by atoms with Crippen molar-refractivity contribution in [2.75, 3.05) is 0 Å². The predicted octanol–water partition coefficient (Wildman–Crippen LogP) is 1.93. The number of aromatic nitrogens is 1. The van der Waals surface area contributed by atoms with Gasteiger partial charge in [0.15, 0.2) is 0 Å². The molecule has 0 fully saturated rings. The van der Waals surface area contributed by atoms with E-state index >= 15 is 0 Å². The van der Waals surface area contributed by atoms with Crippen molar-refractivity contribution < 1.29 is 4.79 Å². The van der Waals surface area contributed by atoms with Gasteiger partial charge in [0.05, 0.1) is 16.8 Å². The lowest BCUT2D eigenvalue weighted by Crippen LogP contribution is -2.24. The molecule has 0 bridgehead atoms. The Kier molecular flexibility index (Phi) is 3.25. The van der Waals surface area contributed by atoms with Crippen LogP contribution in [0.2, 0.25) is 5.02 Å². The molecule has 3 nitrogen and oxygen atoms in total. The van der Waals surface area contributed by atoms with E-state index in [2.05, 4.69) is 10.3 Å². The molecule has 1 aromatic rings. The van der Waals surface area contributed by atoms with E-state index in [0.29, 0.717) is 5.02 Å². The van der Waals surface area contributed by atoms with Gasteiger partial charge < -0.3 is 5.32 Å². The van der Waals surface area contributed by atoms with Crippen molar-refractivity contribution in [1.29, 1.82) is 0 Å². The van der Waals surface area contributed by atoms with Crippen molar-refractivity contribution in [3.8, 4) is 0 Å². The number of nitrogens with one attached hydrogen (secondary N) is 1. The van der Waals surface area contributed by atoms with Gasteiger partial charge in [0.1, 0.15) is 0 Å². The Labute approximate surface area is 82.1 Å². The molecule has 0 aliphatic heterocycles. The fourth-order valence-corrected chi connectivity index (χ4v) is 1.13. The first-order valence-electron chi connectivity index (χ1n) is 3.98. The molecule has 1 heterocycles. The van der Waals surface area contributed by atoms with Gasteiger partial charge in [-0.15, -0.1) is 0 Å². The molecule has 1 atom stereocenters. The average molecular weight is 199 g/mol. The zero-order valence-corrected chi connectivity index (χ0v) is 8.30. The highest BCUT2D eigenvalue weighted by atomic mass is 35.5. The lowest BCUT2D eigenvalue weighted by Gasteiger charge is -2.11. The summed E-state index contributed by atoms with van der Waals surface area (Å²) in [6, 6.07) is 3.47. The third-order valence-electron chi connectivity index (χ3n) is 1.61. The molecule has 0 aromatic carbocycles. The number of hydrogen-bond acceptors (Lipinski definition) is 2. The standard InChI is InChI=1S/C9H11ClN2O/c1-6(12-7(2)13)9-4-3-8(10)5-11-9/h3-6H,1-2H3,(H,12,13)/t6-/m0/s1. The van der Waals surface area contributed by atoms with E-state index in [1.165, 1.54) is 6.92 Å². The topological polar surface area (TPSA) is 42.0 Å². The smallest absolute Gasteiger partial charge is 0.217 e. The summed E-state index contributed by atoms with van der Waals surface area (Å²) in [5.74, 6) is -0.0655. The molecule has 13 heavy (non-hydrogen) atoms. The van der Waals surface area contributed by atoms with E-state index in [-0.39, 0.29) is 11.9 Å². The largest absolute Gasteiger partial charge is 0.348 e. The summed E-state index contributed by atoms with van der Waals surface area (Å²) in [6.07, 6.45) is 1.56. The quantitative estimate of drug-likeness (QED) is 0.789. The van der Waals surface area contributed by atoms with Crippen LogP contribution in [-0.2, 0) is 4.79 Å². The summed E-state index contributed by atoms with van der Waals surface area (Å²) in [5, 5.41) is 3.33. The van der Waals surface area contributed by atoms with Crippen LogP contribution < -0.4 is 5.32 Å². The maximum atomic E-state index is 10.7. The second-order valence-electron chi connectivity index (χ2n) is 2.82. The number of nitrogens with zero attached hydrogens (tertiary/aromatic N) is 1. The number of pyridine rings is 1. The normalized spacial score (nSPS) is 12.2. The monoisotopic (exact) mass is 198 g/mol. The number of carbonyl (C=O) groups excluding carboxylic acids is 1. The first-order chi connectivity index (χ1) is 6.09. The van der Waals surface area contributed by atoms with Crippen LogP contribution in [0.4, 0.5) is 0 Å². The number of rotatable bonds is 2. The molecule has 4 heteroatoms. The summed E-state index contributed by atoms with van der Waals surface area (Å²) in [7, 11) is 0. The Balaban J connectivity index is 2.71. The molecule has 0 saturated heterocycles. The van der Waals surface area contributed by atoms with E-state index in [1.54, 1.807) is 18.3 Å². The van der Waals surface area contributed by atoms with E-state index in [4.69, 9.17) is 11.6 Å². The highest BCUT2D eigenvalue weighted by molar-refractivity contribution is 6.30. The van der Waals surface area contributed by atoms with Gasteiger partial charge in [-0.25, -0.2) is 0 Å². The Morgan fingerprint density at radius 1 is 1.62 bits per heavy atom. The molecule has 70 valence electrons. The minimum absolute atomic E-state index is 0.0655. The van der Waals surface area contributed by atoms with Crippen LogP contribution in [0.5, 0.6) is 0 Å². The molecule has 1 N–H and O–H groups in total. The van der Waals surface area contributed by atoms with E-state index in [1.807, 2.05) is 6.92 Å². The zero-order valence-electron chi connectivity index (χ0n) is 7.54. The summed E-state index contributed by atoms with van der Waals surface area (Å²) in [4.78, 5) is 14.8. The predicted molar refractivity (Wildman–Crippen MR) is 51.5 cm³/mol. The highest BCUT2D eigenvalue weighted by Crippen LogP contribution is 2.12. The lowest BCUT2D eigenvalue weighted by molar-refractivity contribution is -0.119. The van der Waals surface area contributed by atoms with Crippen molar-refractivity contribution in [2.45, 2.75) is 19.9 Å². The van der Waals surface area contributed by atoms with Gasteiger partial charge >= 0.3 is 0 Å². The van der Waals surface area contributed by atoms with Gasteiger partial charge in [0.25, 0.3) is 0 Å². The van der Waals surface area contributed by atoms with Gasteiger partial charge in [0, 0.05) is 13.1 Å². The number of halogens is 1. The number of hydrogen-bond donors (Lipinski definition) is 1. The van der Waals surface area contributed by atoms with Crippen LogP contribution in [0, 0.1) is 0 Å². The van der Waals surface area contributed by atoms with E-state index in [0.717, 1.165) is 5.69 Å². The Morgan fingerprint density at radius 2 is 2.31 bits per heavy atom. The summed E-state index contributed by atoms with van der Waals surface area (Å²) < 4.78 is 0. The molecule has 0 unspecified atom stereocenters. The van der Waals surface area contributed by atoms with E-state index in [9.17, 15) is 4.79 Å². The third kappa shape index (κ3) is 3.03. The van der Waals surface area contributed by atoms with Crippen LogP contribution in [0.15, 0.2) is 18.3 Å². The third-order valence-corrected chi connectivity index (χ3v) is 1.84. The maximum Gasteiger partial charge on any atom is 0.217 e. The zero-order chi connectivity index (χ0) is 9.84. The highest BCUT2D eigenvalue weighted by Gasteiger charge is 2.06. The molecule has 1 amide bonds. The van der Waals surface area contributed by atoms with Gasteiger partial charge in [-0.05, 0) is 19.1 Å². The van der Waals surface area contributed by atoms with Crippen molar-refractivity contribution in [3.05, 3.63) is 29.0 Å². The molecule has 0 radical (unpaired) electrons. The van der Waals surface area contributed by atoms with Gasteiger partial charge in [-0.3, -0.25) is 9.78 Å². The van der Waals surface area contributed by atoms with Crippen LogP contribution in [0.25, 0.3) is 0 Å². The van der Waals surface area contributed by atoms with Crippen LogP contribution in [0.1, 0.15) is 25.6 Å². The first-order valence-corrected chi connectivity index (χ1v) is 4.36. The summed E-state index contributed by atoms with van der Waals surface area (Å²) in [5.41, 5.74) is 0.805.